The van der Waals surface area contributed by atoms with Gasteiger partial charge in [-0.25, -0.2) is 18.8 Å². The summed E-state index contributed by atoms with van der Waals surface area (Å²) in [5, 5.41) is 13.2. The van der Waals surface area contributed by atoms with E-state index < -0.39 is 15.9 Å². The van der Waals surface area contributed by atoms with Crippen LogP contribution in [-0.2, 0) is 46.9 Å². The van der Waals surface area contributed by atoms with E-state index in [-0.39, 0.29) is 16.4 Å². The minimum absolute atomic E-state index is 0.0965. The zero-order valence-electron chi connectivity index (χ0n) is 18.6. The van der Waals surface area contributed by atoms with Crippen LogP contribution in [0.1, 0.15) is 42.5 Å². The monoisotopic (exact) mass is 459 g/mol. The smallest absolute Gasteiger partial charge is 0.354 e. The van der Waals surface area contributed by atoms with Gasteiger partial charge >= 0.3 is 6.03 Å². The van der Waals surface area contributed by atoms with E-state index in [4.69, 9.17) is 14.6 Å². The first-order valence-corrected chi connectivity index (χ1v) is 12.5. The van der Waals surface area contributed by atoms with Crippen LogP contribution in [0.5, 0.6) is 5.88 Å². The normalized spacial score (nSPS) is 22.3. The molecule has 2 aliphatic carbocycles. The standard InChI is InChI=1S/C22H29N5O4S/c1-22(2)11-27-20(31-12-22)18(10-24-27)32(23,29)26-21(28)25-19-16-6-4-5-13(16)7-14-8-15(30-3)9-17(14)19/h7,10,15H,4-6,8-9,11-12H2,1-3H3,(H3,23,25,26,28,29)/t15-,32+/m0/s1. The van der Waals surface area contributed by atoms with Gasteiger partial charge in [0.15, 0.2) is 9.92 Å². The lowest BCUT2D eigenvalue weighted by atomic mass is 9.94. The molecule has 0 fully saturated rings. The van der Waals surface area contributed by atoms with Crippen molar-refractivity contribution in [2.45, 2.75) is 63.5 Å². The number of aromatic nitrogens is 2. The molecule has 0 bridgehead atoms. The molecule has 32 heavy (non-hydrogen) atoms. The number of nitrogens with one attached hydrogen (secondary N) is 1. The summed E-state index contributed by atoms with van der Waals surface area (Å²) in [6.07, 6.45) is 5.97. The summed E-state index contributed by atoms with van der Waals surface area (Å²) >= 11 is 0. The summed E-state index contributed by atoms with van der Waals surface area (Å²) in [5.74, 6) is 0.317. The predicted molar refractivity (Wildman–Crippen MR) is 120 cm³/mol. The van der Waals surface area contributed by atoms with Gasteiger partial charge < -0.3 is 14.8 Å². The number of carbonyl (C=O) groups excluding carboxylic acids is 1. The number of hydrogen-bond donors (Lipinski definition) is 2. The van der Waals surface area contributed by atoms with Gasteiger partial charge in [-0.1, -0.05) is 19.9 Å². The van der Waals surface area contributed by atoms with Crippen LogP contribution in [0.15, 0.2) is 21.5 Å². The van der Waals surface area contributed by atoms with Crippen molar-refractivity contribution in [1.29, 1.82) is 0 Å². The molecule has 2 amide bonds. The molecule has 2 aromatic rings. The predicted octanol–water partition coefficient (Wildman–Crippen LogP) is 2.84. The van der Waals surface area contributed by atoms with Crippen LogP contribution in [0.4, 0.5) is 10.5 Å². The third-order valence-electron chi connectivity index (χ3n) is 6.52. The third kappa shape index (κ3) is 3.70. The van der Waals surface area contributed by atoms with E-state index >= 15 is 0 Å². The Labute approximate surface area is 188 Å². The Balaban J connectivity index is 1.46. The number of ether oxygens (including phenoxy) is 2. The summed E-state index contributed by atoms with van der Waals surface area (Å²) in [5.41, 5.74) is 5.36. The number of nitrogens with zero attached hydrogens (tertiary/aromatic N) is 3. The Morgan fingerprint density at radius 2 is 2.16 bits per heavy atom. The van der Waals surface area contributed by atoms with Gasteiger partial charge in [0, 0.05) is 24.6 Å². The first-order valence-electron chi connectivity index (χ1n) is 10.9. The number of nitrogens with two attached hydrogens (primary N) is 1. The highest BCUT2D eigenvalue weighted by molar-refractivity contribution is 7.91. The van der Waals surface area contributed by atoms with E-state index in [2.05, 4.69) is 34.7 Å². The first-order chi connectivity index (χ1) is 15.2. The molecule has 1 aliphatic heterocycles. The summed E-state index contributed by atoms with van der Waals surface area (Å²) in [6, 6.07) is 1.52. The number of rotatable bonds is 3. The van der Waals surface area contributed by atoms with E-state index in [1.807, 2.05) is 0 Å². The molecule has 0 radical (unpaired) electrons. The topological polar surface area (TPSA) is 121 Å². The maximum Gasteiger partial charge on any atom is 0.354 e. The molecule has 1 aromatic carbocycles. The van der Waals surface area contributed by atoms with Gasteiger partial charge in [0.2, 0.25) is 5.88 Å². The molecule has 3 N–H and O–H groups in total. The van der Waals surface area contributed by atoms with Crippen LogP contribution in [-0.4, -0.2) is 39.8 Å². The molecule has 2 heterocycles. The van der Waals surface area contributed by atoms with Gasteiger partial charge in [-0.15, -0.1) is 4.36 Å². The van der Waals surface area contributed by atoms with E-state index in [9.17, 15) is 9.00 Å². The van der Waals surface area contributed by atoms with E-state index in [1.165, 1.54) is 17.3 Å². The van der Waals surface area contributed by atoms with Gasteiger partial charge in [-0.2, -0.15) is 5.10 Å². The van der Waals surface area contributed by atoms with Crippen molar-refractivity contribution in [1.82, 2.24) is 9.78 Å². The van der Waals surface area contributed by atoms with Crippen LogP contribution in [0.2, 0.25) is 0 Å². The zero-order chi connectivity index (χ0) is 22.7. The molecular formula is C22H29N5O4S. The summed E-state index contributed by atoms with van der Waals surface area (Å²) < 4.78 is 30.1. The Kier molecular flexibility index (Phi) is 5.06. The van der Waals surface area contributed by atoms with Gasteiger partial charge in [0.1, 0.15) is 4.90 Å². The number of carbonyl (C=O) groups is 1. The van der Waals surface area contributed by atoms with Crippen molar-refractivity contribution in [3.05, 3.63) is 34.5 Å². The Hall–Kier alpha value is -2.43. The lowest BCUT2D eigenvalue weighted by molar-refractivity contribution is 0.0972. The van der Waals surface area contributed by atoms with Crippen molar-refractivity contribution in [2.75, 3.05) is 19.0 Å². The summed E-state index contributed by atoms with van der Waals surface area (Å²) in [7, 11) is -1.82. The van der Waals surface area contributed by atoms with Gasteiger partial charge in [-0.05, 0) is 47.9 Å². The number of methoxy groups -OCH3 is 1. The number of anilines is 1. The number of fused-ring (bicyclic) bond motifs is 3. The Morgan fingerprint density at radius 3 is 2.94 bits per heavy atom. The Bertz CT molecular complexity index is 1230. The number of urea groups is 1. The van der Waals surface area contributed by atoms with Crippen molar-refractivity contribution >= 4 is 21.6 Å². The lowest BCUT2D eigenvalue weighted by Gasteiger charge is -2.30. The summed E-state index contributed by atoms with van der Waals surface area (Å²) in [4.78, 5) is 13.1. The van der Waals surface area contributed by atoms with Crippen molar-refractivity contribution in [2.24, 2.45) is 14.9 Å². The fourth-order valence-electron chi connectivity index (χ4n) is 4.96. The number of aryl methyl sites for hydroxylation is 1. The highest BCUT2D eigenvalue weighted by atomic mass is 32.2. The molecular weight excluding hydrogens is 430 g/mol. The van der Waals surface area contributed by atoms with Crippen LogP contribution in [0, 0.1) is 5.41 Å². The lowest BCUT2D eigenvalue weighted by Crippen LogP contribution is -2.33. The van der Waals surface area contributed by atoms with E-state index in [0.717, 1.165) is 48.9 Å². The highest BCUT2D eigenvalue weighted by Crippen LogP contribution is 2.39. The van der Waals surface area contributed by atoms with Crippen molar-refractivity contribution in [3.63, 3.8) is 0 Å². The molecule has 9 nitrogen and oxygen atoms in total. The van der Waals surface area contributed by atoms with Crippen LogP contribution >= 0.6 is 0 Å². The summed E-state index contributed by atoms with van der Waals surface area (Å²) in [6.45, 7) is 5.16. The van der Waals surface area contributed by atoms with E-state index in [1.54, 1.807) is 11.8 Å². The fourth-order valence-corrected chi connectivity index (χ4v) is 5.97. The number of benzene rings is 1. The van der Waals surface area contributed by atoms with E-state index in [0.29, 0.717) is 19.0 Å². The second-order valence-electron chi connectivity index (χ2n) is 9.66. The largest absolute Gasteiger partial charge is 0.476 e. The molecule has 172 valence electrons. The third-order valence-corrected chi connectivity index (χ3v) is 7.86. The average Bonchev–Trinajstić information content (AvgIpc) is 3.43. The fraction of sp³-hybridized carbons (Fsp3) is 0.545. The highest BCUT2D eigenvalue weighted by Gasteiger charge is 2.33. The second-order valence-corrected chi connectivity index (χ2v) is 11.4. The second kappa shape index (κ2) is 7.57. The number of amides is 2. The molecule has 5 rings (SSSR count). The molecule has 1 aromatic heterocycles. The van der Waals surface area contributed by atoms with Gasteiger partial charge in [-0.3, -0.25) is 0 Å². The molecule has 0 saturated carbocycles. The Morgan fingerprint density at radius 1 is 1.34 bits per heavy atom. The number of hydrogen-bond acceptors (Lipinski definition) is 5. The maximum atomic E-state index is 13.2. The van der Waals surface area contributed by atoms with Gasteiger partial charge in [0.05, 0.1) is 25.5 Å². The molecule has 2 atom stereocenters. The zero-order valence-corrected chi connectivity index (χ0v) is 19.5. The molecule has 0 unspecified atom stereocenters. The minimum Gasteiger partial charge on any atom is -0.476 e. The first kappa shape index (κ1) is 21.4. The molecule has 3 aliphatic rings. The van der Waals surface area contributed by atoms with Crippen LogP contribution in [0.3, 0.4) is 0 Å². The SMILES string of the molecule is CO[C@H]1Cc2cc3c(c(NC(=O)N=[S@@](N)(=O)c4cnn5c4OCC(C)(C)C5)c2C1)CCC3. The maximum absolute atomic E-state index is 13.2. The van der Waals surface area contributed by atoms with Gasteiger partial charge in [0.25, 0.3) is 0 Å². The van der Waals surface area contributed by atoms with Crippen LogP contribution < -0.4 is 15.2 Å². The molecule has 10 heteroatoms. The molecule has 0 spiro atoms. The minimum atomic E-state index is -3.53. The average molecular weight is 460 g/mol. The quantitative estimate of drug-likeness (QED) is 0.731. The van der Waals surface area contributed by atoms with Crippen molar-refractivity contribution in [3.8, 4) is 5.88 Å². The van der Waals surface area contributed by atoms with Crippen LogP contribution in [0.25, 0.3) is 0 Å². The molecule has 0 saturated heterocycles. The van der Waals surface area contributed by atoms with Crippen molar-refractivity contribution < 1.29 is 18.5 Å².